The molecule has 0 atom stereocenters. The van der Waals surface area contributed by atoms with Crippen LogP contribution in [0.4, 0.5) is 0 Å². The molecule has 0 amide bonds. The number of aliphatic hydroxyl groups is 2. The summed E-state index contributed by atoms with van der Waals surface area (Å²) in [6.07, 6.45) is 17.0. The van der Waals surface area contributed by atoms with E-state index in [1.54, 1.807) is 0 Å². The number of carboxylic acids is 6. The molecule has 18 nitrogen and oxygen atoms in total. The fraction of sp³-hybridized carbons (Fsp3) is 0.375. The molecule has 0 heterocycles. The second kappa shape index (κ2) is 32.6. The maximum Gasteiger partial charge on any atom is 2.00 e. The molecule has 2 fully saturated rings. The van der Waals surface area contributed by atoms with Crippen molar-refractivity contribution in [3.63, 3.8) is 0 Å². The van der Waals surface area contributed by atoms with Crippen LogP contribution >= 0.6 is 0 Å². The monoisotopic (exact) mass is 978 g/mol. The van der Waals surface area contributed by atoms with Crippen LogP contribution in [0.1, 0.15) is 63.0 Å². The Morgan fingerprint density at radius 1 is 0.507 bits per heavy atom. The van der Waals surface area contributed by atoms with Gasteiger partial charge in [0, 0.05) is 19.0 Å². The topological polar surface area (TPSA) is 289 Å². The smallest absolute Gasteiger partial charge is 0.494 e. The van der Waals surface area contributed by atoms with Gasteiger partial charge in [-0.1, -0.05) is 36.8 Å². The number of hydrogen-bond acceptors (Lipinski definition) is 12. The van der Waals surface area contributed by atoms with E-state index < -0.39 is 72.7 Å². The summed E-state index contributed by atoms with van der Waals surface area (Å²) >= 11 is 0. The number of benzene rings is 2. The minimum absolute atomic E-state index is 0. The SMILES string of the molecule is CCC([C]1[CH][CH][CH][CH]1)=C(c1ccc(OCCCN(C)C)cc1)c1ccc(OCCCN(C)C)cc1.O=C(O)CC(O)(CC(=O)O)C(=O)O.O=C(O)CC(O)(CC(=O)O)C(=O)O.[CH]1[CH][CH][CH][CH]1.[Fe+2]. The molecule has 2 saturated carbocycles. The Hall–Kier alpha value is -5.04. The van der Waals surface area contributed by atoms with E-state index in [-0.39, 0.29) is 17.1 Å². The zero-order valence-corrected chi connectivity index (χ0v) is 39.3. The summed E-state index contributed by atoms with van der Waals surface area (Å²) in [7, 11) is 8.35. The molecule has 0 aromatic heterocycles. The molecular formula is C48H62FeN2O16+2. The van der Waals surface area contributed by atoms with Gasteiger partial charge in [0.05, 0.1) is 38.9 Å². The maximum absolute atomic E-state index is 10.3. The molecule has 2 aliphatic rings. The van der Waals surface area contributed by atoms with Crippen molar-refractivity contribution < 1.29 is 96.2 Å². The molecule has 10 radical (unpaired) electrons. The molecule has 67 heavy (non-hydrogen) atoms. The van der Waals surface area contributed by atoms with Crippen LogP contribution in [0.25, 0.3) is 5.57 Å². The Morgan fingerprint density at radius 3 is 1.04 bits per heavy atom. The predicted octanol–water partition coefficient (Wildman–Crippen LogP) is 4.49. The minimum Gasteiger partial charge on any atom is -0.494 e. The second-order valence-corrected chi connectivity index (χ2v) is 15.4. The van der Waals surface area contributed by atoms with Gasteiger partial charge in [-0.15, -0.1) is 0 Å². The third-order valence-corrected chi connectivity index (χ3v) is 9.12. The summed E-state index contributed by atoms with van der Waals surface area (Å²) in [5.41, 5.74) is -0.479. The van der Waals surface area contributed by atoms with Crippen molar-refractivity contribution in [2.24, 2.45) is 0 Å². The summed E-state index contributed by atoms with van der Waals surface area (Å²) in [4.78, 5) is 65.3. The van der Waals surface area contributed by atoms with Gasteiger partial charge in [-0.25, -0.2) is 9.59 Å². The average Bonchev–Trinajstić information content (AvgIpc) is 3.99. The number of aliphatic carboxylic acids is 6. The van der Waals surface area contributed by atoms with Gasteiger partial charge in [-0.3, -0.25) is 19.2 Å². The molecule has 2 aromatic carbocycles. The number of carboxylic acid groups (broad SMARTS) is 6. The first-order valence-electron chi connectivity index (χ1n) is 20.7. The Balaban J connectivity index is 0.00000111. The van der Waals surface area contributed by atoms with Gasteiger partial charge < -0.3 is 60.1 Å². The van der Waals surface area contributed by atoms with E-state index in [1.165, 1.54) is 28.2 Å². The van der Waals surface area contributed by atoms with E-state index in [1.807, 2.05) is 32.1 Å². The van der Waals surface area contributed by atoms with E-state index in [4.69, 9.17) is 50.3 Å². The summed E-state index contributed by atoms with van der Waals surface area (Å²) in [6.45, 7) is 5.74. The molecule has 2 aliphatic carbocycles. The van der Waals surface area contributed by atoms with Crippen LogP contribution < -0.4 is 9.47 Å². The van der Waals surface area contributed by atoms with Crippen LogP contribution in [-0.2, 0) is 45.8 Å². The first-order valence-corrected chi connectivity index (χ1v) is 20.7. The molecule has 4 rings (SSSR count). The Morgan fingerprint density at radius 2 is 0.806 bits per heavy atom. The Kier molecular flexibility index (Phi) is 30.2. The van der Waals surface area contributed by atoms with E-state index in [0.29, 0.717) is 0 Å². The zero-order chi connectivity index (χ0) is 49.9. The van der Waals surface area contributed by atoms with E-state index in [2.05, 4.69) is 119 Å². The first-order chi connectivity index (χ1) is 31.0. The summed E-state index contributed by atoms with van der Waals surface area (Å²) in [5, 5.41) is 67.6. The number of allylic oxidation sites excluding steroid dienone is 1. The van der Waals surface area contributed by atoms with Crippen molar-refractivity contribution in [1.29, 1.82) is 0 Å². The molecule has 0 bridgehead atoms. The molecule has 0 unspecified atom stereocenters. The van der Waals surface area contributed by atoms with Crippen molar-refractivity contribution in [2.45, 2.75) is 63.1 Å². The number of hydrogen-bond donors (Lipinski definition) is 8. The molecule has 2 aromatic rings. The van der Waals surface area contributed by atoms with E-state index in [9.17, 15) is 28.8 Å². The average molecular weight is 979 g/mol. The third kappa shape index (κ3) is 25.6. The Labute approximate surface area is 404 Å². The van der Waals surface area contributed by atoms with Crippen LogP contribution in [0, 0.1) is 63.7 Å². The predicted molar refractivity (Wildman–Crippen MR) is 243 cm³/mol. The van der Waals surface area contributed by atoms with Crippen molar-refractivity contribution in [2.75, 3.05) is 54.5 Å². The van der Waals surface area contributed by atoms with E-state index >= 15 is 0 Å². The molecule has 366 valence electrons. The van der Waals surface area contributed by atoms with E-state index in [0.717, 1.165) is 57.1 Å². The van der Waals surface area contributed by atoms with Crippen LogP contribution in [0.15, 0.2) is 54.1 Å². The molecule has 0 aliphatic heterocycles. The van der Waals surface area contributed by atoms with Crippen molar-refractivity contribution in [3.05, 3.63) is 129 Å². The number of carbonyl (C=O) groups is 6. The largest absolute Gasteiger partial charge is 2.00 e. The first kappa shape index (κ1) is 62.0. The summed E-state index contributed by atoms with van der Waals surface area (Å²) < 4.78 is 11.9. The Bertz CT molecular complexity index is 1690. The minimum atomic E-state index is -2.74. The third-order valence-electron chi connectivity index (χ3n) is 9.12. The quantitative estimate of drug-likeness (QED) is 0.0531. The van der Waals surface area contributed by atoms with Gasteiger partial charge >= 0.3 is 52.9 Å². The van der Waals surface area contributed by atoms with Gasteiger partial charge in [0.2, 0.25) is 0 Å². The van der Waals surface area contributed by atoms with Crippen LogP contribution in [0.5, 0.6) is 11.5 Å². The van der Waals surface area contributed by atoms with Crippen LogP contribution in [0.2, 0.25) is 0 Å². The second-order valence-electron chi connectivity index (χ2n) is 15.4. The number of rotatable bonds is 24. The zero-order valence-electron chi connectivity index (χ0n) is 38.2. The van der Waals surface area contributed by atoms with Crippen LogP contribution in [0.3, 0.4) is 0 Å². The van der Waals surface area contributed by atoms with Crippen molar-refractivity contribution in [3.8, 4) is 11.5 Å². The van der Waals surface area contributed by atoms with Crippen molar-refractivity contribution >= 4 is 41.4 Å². The van der Waals surface area contributed by atoms with Crippen molar-refractivity contribution in [1.82, 2.24) is 9.80 Å². The van der Waals surface area contributed by atoms with Crippen LogP contribution in [-0.4, -0.2) is 152 Å². The number of ether oxygens (including phenoxy) is 2. The fourth-order valence-corrected chi connectivity index (χ4v) is 5.94. The number of nitrogens with zero attached hydrogens (tertiary/aromatic N) is 2. The molecule has 0 saturated heterocycles. The van der Waals surface area contributed by atoms with Gasteiger partial charge in [0.25, 0.3) is 0 Å². The standard InChI is InChI=1S/C31H41N2O2.2C6H8O7.C5H5.Fe/c1-6-30(25-11-7-8-12-25)31(26-13-17-28(18-14-26)34-23-9-21-32(2)3)27-15-19-29(20-16-27)35-24-10-22-33(4)5;2*7-3(8)1-6(13,5(11)12)2-4(9)10;1-2-4-5-3-1;/h7-8,11-20H,6,9-10,21-24H2,1-5H3;2*13H,1-2H2,(H,7,8)(H,9,10)(H,11,12);1-5H;/q;;;;+2. The molecular weight excluding hydrogens is 916 g/mol. The van der Waals surface area contributed by atoms with Gasteiger partial charge in [0.15, 0.2) is 11.2 Å². The summed E-state index contributed by atoms with van der Waals surface area (Å²) in [5.74, 6) is -6.93. The van der Waals surface area contributed by atoms with Gasteiger partial charge in [-0.05, 0) is 146 Å². The van der Waals surface area contributed by atoms with Gasteiger partial charge in [-0.2, -0.15) is 0 Å². The fourth-order valence-electron chi connectivity index (χ4n) is 5.94. The molecule has 8 N–H and O–H groups in total. The molecule has 19 heteroatoms. The van der Waals surface area contributed by atoms with Gasteiger partial charge in [0.1, 0.15) is 11.5 Å². The molecule has 0 spiro atoms. The maximum atomic E-state index is 10.3. The summed E-state index contributed by atoms with van der Waals surface area (Å²) in [6, 6.07) is 17.1. The normalized spacial score (nSPS) is 13.3.